The van der Waals surface area contributed by atoms with Crippen molar-refractivity contribution in [1.82, 2.24) is 20.5 Å². The van der Waals surface area contributed by atoms with Crippen LogP contribution in [-0.2, 0) is 13.0 Å². The van der Waals surface area contributed by atoms with E-state index < -0.39 is 0 Å². The van der Waals surface area contributed by atoms with Crippen LogP contribution in [0.1, 0.15) is 35.5 Å². The Labute approximate surface area is 99.1 Å². The number of aromatic nitrogens is 3. The molecular weight excluding hydrogens is 220 g/mol. The van der Waals surface area contributed by atoms with Gasteiger partial charge in [0.1, 0.15) is 5.01 Å². The van der Waals surface area contributed by atoms with Gasteiger partial charge in [-0.3, -0.25) is 5.10 Å². The Morgan fingerprint density at radius 1 is 1.56 bits per heavy atom. The first-order valence-corrected chi connectivity index (χ1v) is 6.27. The molecule has 2 aromatic rings. The summed E-state index contributed by atoms with van der Waals surface area (Å²) in [6.45, 7) is 5.08. The van der Waals surface area contributed by atoms with Crippen molar-refractivity contribution < 1.29 is 0 Å². The first-order chi connectivity index (χ1) is 7.79. The minimum Gasteiger partial charge on any atom is -0.302 e. The minimum atomic E-state index is 0.286. The van der Waals surface area contributed by atoms with Gasteiger partial charge in [-0.25, -0.2) is 4.98 Å². The molecule has 0 amide bonds. The second-order valence-electron chi connectivity index (χ2n) is 3.70. The van der Waals surface area contributed by atoms with Crippen LogP contribution in [0.4, 0.5) is 0 Å². The predicted molar refractivity (Wildman–Crippen MR) is 65.3 cm³/mol. The highest BCUT2D eigenvalue weighted by Crippen LogP contribution is 2.20. The minimum absolute atomic E-state index is 0.286. The molecule has 2 aromatic heterocycles. The Hall–Kier alpha value is -1.20. The summed E-state index contributed by atoms with van der Waals surface area (Å²) in [5, 5.41) is 11.4. The van der Waals surface area contributed by atoms with Crippen molar-refractivity contribution >= 4 is 11.3 Å². The Kier molecular flexibility index (Phi) is 3.69. The molecule has 0 bridgehead atoms. The molecule has 0 saturated carbocycles. The molecular formula is C11H16N4S. The zero-order chi connectivity index (χ0) is 11.4. The normalized spacial score (nSPS) is 12.9. The van der Waals surface area contributed by atoms with Crippen LogP contribution in [0.3, 0.4) is 0 Å². The van der Waals surface area contributed by atoms with Crippen LogP contribution >= 0.6 is 11.3 Å². The van der Waals surface area contributed by atoms with Gasteiger partial charge >= 0.3 is 0 Å². The molecule has 2 heterocycles. The summed E-state index contributed by atoms with van der Waals surface area (Å²) in [6.07, 6.45) is 4.79. The van der Waals surface area contributed by atoms with Crippen molar-refractivity contribution in [3.63, 3.8) is 0 Å². The molecule has 16 heavy (non-hydrogen) atoms. The first kappa shape index (κ1) is 11.3. The highest BCUT2D eigenvalue weighted by Gasteiger charge is 2.09. The van der Waals surface area contributed by atoms with E-state index >= 15 is 0 Å². The molecule has 0 spiro atoms. The van der Waals surface area contributed by atoms with Crippen LogP contribution in [0.15, 0.2) is 18.5 Å². The van der Waals surface area contributed by atoms with Crippen molar-refractivity contribution in [2.75, 3.05) is 0 Å². The van der Waals surface area contributed by atoms with Crippen molar-refractivity contribution in [3.8, 4) is 0 Å². The summed E-state index contributed by atoms with van der Waals surface area (Å²) in [7, 11) is 0. The highest BCUT2D eigenvalue weighted by molar-refractivity contribution is 7.11. The van der Waals surface area contributed by atoms with Gasteiger partial charge in [0.25, 0.3) is 0 Å². The van der Waals surface area contributed by atoms with Crippen LogP contribution in [0.2, 0.25) is 0 Å². The van der Waals surface area contributed by atoms with Crippen molar-refractivity contribution in [1.29, 1.82) is 0 Å². The van der Waals surface area contributed by atoms with Gasteiger partial charge in [-0.2, -0.15) is 5.10 Å². The smallest absolute Gasteiger partial charge is 0.109 e. The lowest BCUT2D eigenvalue weighted by atomic mass is 10.3. The lowest BCUT2D eigenvalue weighted by Gasteiger charge is -2.09. The molecule has 0 aliphatic heterocycles. The summed E-state index contributed by atoms with van der Waals surface area (Å²) in [5.74, 6) is 0. The third kappa shape index (κ3) is 2.68. The molecule has 0 saturated heterocycles. The predicted octanol–water partition coefficient (Wildman–Crippen LogP) is 2.28. The van der Waals surface area contributed by atoms with E-state index in [1.54, 1.807) is 17.5 Å². The molecule has 1 atom stereocenters. The van der Waals surface area contributed by atoms with Gasteiger partial charge in [0.2, 0.25) is 0 Å². The number of aromatic amines is 1. The van der Waals surface area contributed by atoms with Crippen molar-refractivity contribution in [2.45, 2.75) is 32.9 Å². The van der Waals surface area contributed by atoms with E-state index in [0.717, 1.165) is 23.7 Å². The average Bonchev–Trinajstić information content (AvgIpc) is 2.96. The monoisotopic (exact) mass is 236 g/mol. The molecule has 0 aromatic carbocycles. The highest BCUT2D eigenvalue weighted by atomic mass is 32.1. The number of aryl methyl sites for hydroxylation is 1. The fourth-order valence-corrected chi connectivity index (χ4v) is 2.30. The van der Waals surface area contributed by atoms with Gasteiger partial charge in [0.05, 0.1) is 6.04 Å². The fraction of sp³-hybridized carbons (Fsp3) is 0.455. The molecule has 86 valence electrons. The summed E-state index contributed by atoms with van der Waals surface area (Å²) >= 11 is 1.78. The van der Waals surface area contributed by atoms with Gasteiger partial charge in [0, 0.05) is 29.5 Å². The number of nitrogens with one attached hydrogen (secondary N) is 2. The summed E-state index contributed by atoms with van der Waals surface area (Å²) in [4.78, 5) is 5.76. The Morgan fingerprint density at radius 2 is 2.44 bits per heavy atom. The standard InChI is InChI=1S/C11H16N4S/c1-3-10-7-13-11(16-10)8(2)12-6-9-4-5-14-15-9/h4-5,7-8,12H,3,6H2,1-2H3,(H,14,15)/t8-/m1/s1. The fourth-order valence-electron chi connectivity index (χ4n) is 1.42. The summed E-state index contributed by atoms with van der Waals surface area (Å²) in [5.41, 5.74) is 1.10. The average molecular weight is 236 g/mol. The number of hydrogen-bond donors (Lipinski definition) is 2. The number of thiazole rings is 1. The second kappa shape index (κ2) is 5.23. The van der Waals surface area contributed by atoms with Crippen LogP contribution in [0, 0.1) is 0 Å². The van der Waals surface area contributed by atoms with Gasteiger partial charge in [-0.1, -0.05) is 6.92 Å². The maximum atomic E-state index is 4.42. The van der Waals surface area contributed by atoms with Crippen molar-refractivity contribution in [3.05, 3.63) is 34.0 Å². The molecule has 4 nitrogen and oxygen atoms in total. The third-order valence-electron chi connectivity index (χ3n) is 2.45. The van der Waals surface area contributed by atoms with Crippen LogP contribution in [0.25, 0.3) is 0 Å². The summed E-state index contributed by atoms with van der Waals surface area (Å²) < 4.78 is 0. The zero-order valence-electron chi connectivity index (χ0n) is 9.53. The molecule has 0 fully saturated rings. The van der Waals surface area contributed by atoms with E-state index in [9.17, 15) is 0 Å². The molecule has 0 unspecified atom stereocenters. The van der Waals surface area contributed by atoms with E-state index in [1.807, 2.05) is 12.3 Å². The maximum absolute atomic E-state index is 4.42. The Bertz CT molecular complexity index is 421. The summed E-state index contributed by atoms with van der Waals surface area (Å²) in [6, 6.07) is 2.26. The lowest BCUT2D eigenvalue weighted by molar-refractivity contribution is 0.564. The van der Waals surface area contributed by atoms with E-state index in [0.29, 0.717) is 0 Å². The van der Waals surface area contributed by atoms with E-state index in [1.165, 1.54) is 4.88 Å². The maximum Gasteiger partial charge on any atom is 0.109 e. The lowest BCUT2D eigenvalue weighted by Crippen LogP contribution is -2.18. The number of H-pyrrole nitrogens is 1. The molecule has 0 aliphatic rings. The van der Waals surface area contributed by atoms with Crippen molar-refractivity contribution in [2.24, 2.45) is 0 Å². The van der Waals surface area contributed by atoms with Gasteiger partial charge < -0.3 is 5.32 Å². The van der Waals surface area contributed by atoms with Gasteiger partial charge in [0.15, 0.2) is 0 Å². The largest absolute Gasteiger partial charge is 0.302 e. The Balaban J connectivity index is 1.90. The molecule has 2 rings (SSSR count). The van der Waals surface area contributed by atoms with Crippen LogP contribution in [0.5, 0.6) is 0 Å². The van der Waals surface area contributed by atoms with Gasteiger partial charge in [-0.05, 0) is 19.4 Å². The van der Waals surface area contributed by atoms with E-state index in [2.05, 4.69) is 34.3 Å². The van der Waals surface area contributed by atoms with E-state index in [-0.39, 0.29) is 6.04 Å². The number of rotatable bonds is 5. The van der Waals surface area contributed by atoms with Crippen LogP contribution in [-0.4, -0.2) is 15.2 Å². The van der Waals surface area contributed by atoms with E-state index in [4.69, 9.17) is 0 Å². The number of nitrogens with zero attached hydrogens (tertiary/aromatic N) is 2. The SMILES string of the molecule is CCc1cnc([C@@H](C)NCc2ccn[nH]2)s1. The first-order valence-electron chi connectivity index (χ1n) is 5.46. The second-order valence-corrected chi connectivity index (χ2v) is 4.85. The topological polar surface area (TPSA) is 53.6 Å². The molecule has 0 radical (unpaired) electrons. The number of hydrogen-bond acceptors (Lipinski definition) is 4. The molecule has 5 heteroatoms. The quantitative estimate of drug-likeness (QED) is 0.837. The van der Waals surface area contributed by atoms with Crippen LogP contribution < -0.4 is 5.32 Å². The molecule has 2 N–H and O–H groups in total. The third-order valence-corrected chi connectivity index (χ3v) is 3.77. The molecule has 0 aliphatic carbocycles. The zero-order valence-corrected chi connectivity index (χ0v) is 10.3. The Morgan fingerprint density at radius 3 is 3.06 bits per heavy atom. The van der Waals surface area contributed by atoms with Gasteiger partial charge in [-0.15, -0.1) is 11.3 Å².